The molecule has 1 aromatic rings. The molecule has 2 rings (SSSR count). The Morgan fingerprint density at radius 3 is 2.62 bits per heavy atom. The van der Waals surface area contributed by atoms with Gasteiger partial charge >= 0.3 is 0 Å². The standard InChI is InChI=1S/C19H31NO/c1-3-4-5-6-7-8-13-21-19-12-9-16(2)14-17(19)15-20-18-10-11-18/h9,12,14,18,20H,3-8,10-11,13,15H2,1-2H3. The summed E-state index contributed by atoms with van der Waals surface area (Å²) in [7, 11) is 0. The molecule has 2 nitrogen and oxygen atoms in total. The van der Waals surface area contributed by atoms with Crippen molar-refractivity contribution in [3.05, 3.63) is 29.3 Å². The molecule has 118 valence electrons. The van der Waals surface area contributed by atoms with Crippen molar-refractivity contribution in [1.29, 1.82) is 0 Å². The Bertz CT molecular complexity index is 412. The molecule has 21 heavy (non-hydrogen) atoms. The lowest BCUT2D eigenvalue weighted by molar-refractivity contribution is 0.300. The van der Waals surface area contributed by atoms with Crippen molar-refractivity contribution >= 4 is 0 Å². The van der Waals surface area contributed by atoms with E-state index in [-0.39, 0.29) is 0 Å². The third-order valence-electron chi connectivity index (χ3n) is 4.13. The molecule has 0 heterocycles. The van der Waals surface area contributed by atoms with E-state index in [1.807, 2.05) is 0 Å². The van der Waals surface area contributed by atoms with Gasteiger partial charge in [0.25, 0.3) is 0 Å². The molecule has 1 N–H and O–H groups in total. The van der Waals surface area contributed by atoms with Gasteiger partial charge in [0.05, 0.1) is 6.61 Å². The molecule has 1 fully saturated rings. The van der Waals surface area contributed by atoms with Crippen LogP contribution in [0.1, 0.15) is 69.4 Å². The first-order chi connectivity index (χ1) is 10.3. The van der Waals surface area contributed by atoms with Gasteiger partial charge in [0.15, 0.2) is 0 Å². The molecule has 0 saturated heterocycles. The van der Waals surface area contributed by atoms with E-state index in [1.165, 1.54) is 62.5 Å². The minimum absolute atomic E-state index is 0.747. The van der Waals surface area contributed by atoms with E-state index in [9.17, 15) is 0 Å². The lowest BCUT2D eigenvalue weighted by Gasteiger charge is -2.13. The van der Waals surface area contributed by atoms with Crippen LogP contribution in [0.2, 0.25) is 0 Å². The normalized spacial score (nSPS) is 14.4. The Balaban J connectivity index is 1.70. The molecule has 0 bridgehead atoms. The van der Waals surface area contributed by atoms with Crippen molar-refractivity contribution in [1.82, 2.24) is 5.32 Å². The van der Waals surface area contributed by atoms with E-state index < -0.39 is 0 Å². The highest BCUT2D eigenvalue weighted by Gasteiger charge is 2.20. The molecule has 0 unspecified atom stereocenters. The van der Waals surface area contributed by atoms with Crippen LogP contribution < -0.4 is 10.1 Å². The monoisotopic (exact) mass is 289 g/mol. The highest BCUT2D eigenvalue weighted by Crippen LogP contribution is 2.24. The molecular formula is C19H31NO. The Morgan fingerprint density at radius 1 is 1.10 bits per heavy atom. The molecule has 0 radical (unpaired) electrons. The van der Waals surface area contributed by atoms with E-state index in [4.69, 9.17) is 4.74 Å². The largest absolute Gasteiger partial charge is 0.493 e. The molecule has 0 aromatic heterocycles. The van der Waals surface area contributed by atoms with Crippen LogP contribution in [0.25, 0.3) is 0 Å². The minimum atomic E-state index is 0.747. The lowest BCUT2D eigenvalue weighted by atomic mass is 10.1. The third kappa shape index (κ3) is 6.52. The fraction of sp³-hybridized carbons (Fsp3) is 0.684. The van der Waals surface area contributed by atoms with Crippen LogP contribution in [0.15, 0.2) is 18.2 Å². The van der Waals surface area contributed by atoms with Gasteiger partial charge in [-0.3, -0.25) is 0 Å². The molecule has 0 spiro atoms. The van der Waals surface area contributed by atoms with Crippen LogP contribution in [-0.2, 0) is 6.54 Å². The smallest absolute Gasteiger partial charge is 0.123 e. The SMILES string of the molecule is CCCCCCCCOc1ccc(C)cc1CNC1CC1. The number of hydrogen-bond donors (Lipinski definition) is 1. The summed E-state index contributed by atoms with van der Waals surface area (Å²) in [5.74, 6) is 1.07. The highest BCUT2D eigenvalue weighted by molar-refractivity contribution is 5.37. The van der Waals surface area contributed by atoms with Crippen molar-refractivity contribution in [3.63, 3.8) is 0 Å². The average Bonchev–Trinajstić information content (AvgIpc) is 3.30. The topological polar surface area (TPSA) is 21.3 Å². The maximum absolute atomic E-state index is 6.01. The van der Waals surface area contributed by atoms with Crippen molar-refractivity contribution in [3.8, 4) is 5.75 Å². The van der Waals surface area contributed by atoms with Gasteiger partial charge in [-0.2, -0.15) is 0 Å². The van der Waals surface area contributed by atoms with Crippen LogP contribution >= 0.6 is 0 Å². The van der Waals surface area contributed by atoms with E-state index in [1.54, 1.807) is 0 Å². The number of benzene rings is 1. The minimum Gasteiger partial charge on any atom is -0.493 e. The summed E-state index contributed by atoms with van der Waals surface area (Å²) in [6.45, 7) is 6.21. The second-order valence-corrected chi connectivity index (χ2v) is 6.38. The zero-order valence-corrected chi connectivity index (χ0v) is 13.8. The second kappa shape index (κ2) is 9.09. The average molecular weight is 289 g/mol. The number of unbranched alkanes of at least 4 members (excludes halogenated alkanes) is 5. The molecule has 1 saturated carbocycles. The summed E-state index contributed by atoms with van der Waals surface area (Å²) < 4.78 is 6.01. The predicted octanol–water partition coefficient (Wildman–Crippen LogP) is 4.99. The first-order valence-corrected chi connectivity index (χ1v) is 8.75. The Kier molecular flexibility index (Phi) is 7.08. The number of rotatable bonds is 11. The molecule has 2 heteroatoms. The molecular weight excluding hydrogens is 258 g/mol. The first kappa shape index (κ1) is 16.4. The molecule has 0 atom stereocenters. The van der Waals surface area contributed by atoms with E-state index in [0.29, 0.717) is 0 Å². The van der Waals surface area contributed by atoms with Crippen LogP contribution in [0.4, 0.5) is 0 Å². The number of nitrogens with one attached hydrogen (secondary N) is 1. The summed E-state index contributed by atoms with van der Waals surface area (Å²) in [5.41, 5.74) is 2.63. The van der Waals surface area contributed by atoms with Crippen molar-refractivity contribution in [2.24, 2.45) is 0 Å². The maximum atomic E-state index is 6.01. The fourth-order valence-electron chi connectivity index (χ4n) is 2.59. The zero-order chi connectivity index (χ0) is 14.9. The van der Waals surface area contributed by atoms with Crippen molar-refractivity contribution in [2.75, 3.05) is 6.61 Å². The quantitative estimate of drug-likeness (QED) is 0.580. The van der Waals surface area contributed by atoms with Gasteiger partial charge in [-0.05, 0) is 32.3 Å². The molecule has 1 aliphatic carbocycles. The van der Waals surface area contributed by atoms with E-state index in [2.05, 4.69) is 37.4 Å². The molecule has 0 amide bonds. The Hall–Kier alpha value is -1.02. The summed E-state index contributed by atoms with van der Waals surface area (Å²) >= 11 is 0. The van der Waals surface area contributed by atoms with Gasteiger partial charge in [-0.1, -0.05) is 56.7 Å². The fourth-order valence-corrected chi connectivity index (χ4v) is 2.59. The van der Waals surface area contributed by atoms with Crippen LogP contribution in [0.3, 0.4) is 0 Å². The summed E-state index contributed by atoms with van der Waals surface area (Å²) in [5, 5.41) is 3.59. The van der Waals surface area contributed by atoms with Gasteiger partial charge < -0.3 is 10.1 Å². The van der Waals surface area contributed by atoms with Gasteiger partial charge in [0.2, 0.25) is 0 Å². The Labute approximate surface area is 130 Å². The van der Waals surface area contributed by atoms with Crippen LogP contribution in [-0.4, -0.2) is 12.6 Å². The number of hydrogen-bond acceptors (Lipinski definition) is 2. The third-order valence-corrected chi connectivity index (χ3v) is 4.13. The molecule has 1 aromatic carbocycles. The maximum Gasteiger partial charge on any atom is 0.123 e. The first-order valence-electron chi connectivity index (χ1n) is 8.75. The van der Waals surface area contributed by atoms with Gasteiger partial charge in [0.1, 0.15) is 5.75 Å². The number of aryl methyl sites for hydroxylation is 1. The van der Waals surface area contributed by atoms with Gasteiger partial charge in [0, 0.05) is 18.2 Å². The van der Waals surface area contributed by atoms with E-state index in [0.717, 1.165) is 24.9 Å². The number of ether oxygens (including phenoxy) is 1. The summed E-state index contributed by atoms with van der Waals surface area (Å²) in [6.07, 6.45) is 10.5. The van der Waals surface area contributed by atoms with Crippen molar-refractivity contribution < 1.29 is 4.74 Å². The highest BCUT2D eigenvalue weighted by atomic mass is 16.5. The summed E-state index contributed by atoms with van der Waals surface area (Å²) in [6, 6.07) is 7.29. The predicted molar refractivity (Wildman–Crippen MR) is 89.9 cm³/mol. The second-order valence-electron chi connectivity index (χ2n) is 6.38. The molecule has 1 aliphatic rings. The molecule has 0 aliphatic heterocycles. The van der Waals surface area contributed by atoms with Gasteiger partial charge in [-0.25, -0.2) is 0 Å². The summed E-state index contributed by atoms with van der Waals surface area (Å²) in [4.78, 5) is 0. The lowest BCUT2D eigenvalue weighted by Crippen LogP contribution is -2.16. The van der Waals surface area contributed by atoms with E-state index >= 15 is 0 Å². The van der Waals surface area contributed by atoms with Crippen LogP contribution in [0, 0.1) is 6.92 Å². The zero-order valence-electron chi connectivity index (χ0n) is 13.8. The van der Waals surface area contributed by atoms with Crippen LogP contribution in [0.5, 0.6) is 5.75 Å². The van der Waals surface area contributed by atoms with Gasteiger partial charge in [-0.15, -0.1) is 0 Å². The van der Waals surface area contributed by atoms with Crippen molar-refractivity contribution in [2.45, 2.75) is 77.8 Å². The Morgan fingerprint density at radius 2 is 1.86 bits per heavy atom.